The molecule has 0 amide bonds. The van der Waals surface area contributed by atoms with Crippen molar-refractivity contribution >= 4 is 71.5 Å². The standard InChI is InChI=1S/C79H62N2O/c1-77(2,3)57-32-36-59(37-33-57)80-72-49-54-20-10-9-19-53(54)46-67(72)56-31-43-65-68(47-56)63-21-11-12-22-64(63)75-66-44-30-55(48-71(66)79(76(65)75)69-23-13-15-25-73(69)82-74-26-16-14-24-70(74)79)51-27-38-60(39-28-51)81(61-41-34-58(35-42-61)78(4,5)6)62-40-29-50-17-7-8-18-52(50)45-62/h7-49,80H,1-6H3. The lowest BCUT2D eigenvalue weighted by molar-refractivity contribution is 0.437. The van der Waals surface area contributed by atoms with E-state index >= 15 is 0 Å². The lowest BCUT2D eigenvalue weighted by Crippen LogP contribution is -2.32. The van der Waals surface area contributed by atoms with Gasteiger partial charge in [0.15, 0.2) is 0 Å². The maximum absolute atomic E-state index is 6.95. The van der Waals surface area contributed by atoms with Crippen molar-refractivity contribution < 1.29 is 4.74 Å². The van der Waals surface area contributed by atoms with Crippen LogP contribution in [0.1, 0.15) is 74.9 Å². The van der Waals surface area contributed by atoms with Crippen LogP contribution >= 0.6 is 0 Å². The Hall–Kier alpha value is -9.70. The van der Waals surface area contributed by atoms with Gasteiger partial charge >= 0.3 is 0 Å². The van der Waals surface area contributed by atoms with Crippen LogP contribution in [0, 0.1) is 0 Å². The summed E-state index contributed by atoms with van der Waals surface area (Å²) in [6, 6.07) is 97.0. The summed E-state index contributed by atoms with van der Waals surface area (Å²) < 4.78 is 6.95. The fourth-order valence-electron chi connectivity index (χ4n) is 13.4. The average molecular weight is 1060 g/mol. The Bertz CT molecular complexity index is 4640. The molecule has 0 saturated heterocycles. The molecule has 82 heavy (non-hydrogen) atoms. The second kappa shape index (κ2) is 18.7. The molecule has 1 N–H and O–H groups in total. The van der Waals surface area contributed by atoms with Crippen molar-refractivity contribution in [2.75, 3.05) is 10.2 Å². The molecule has 0 unspecified atom stereocenters. The number of rotatable bonds is 7. The molecular weight excluding hydrogens is 993 g/mol. The van der Waals surface area contributed by atoms with Gasteiger partial charge in [0, 0.05) is 45.1 Å². The third kappa shape index (κ3) is 7.93. The monoisotopic (exact) mass is 1050 g/mol. The van der Waals surface area contributed by atoms with Crippen molar-refractivity contribution in [3.8, 4) is 44.9 Å². The average Bonchev–Trinajstić information content (AvgIpc) is 1.53. The fourth-order valence-corrected chi connectivity index (χ4v) is 13.4. The van der Waals surface area contributed by atoms with E-state index in [0.29, 0.717) is 0 Å². The zero-order valence-corrected chi connectivity index (χ0v) is 47.2. The summed E-state index contributed by atoms with van der Waals surface area (Å²) in [5.74, 6) is 1.75. The van der Waals surface area contributed by atoms with Gasteiger partial charge in [0.25, 0.3) is 0 Å². The molecule has 1 aliphatic heterocycles. The van der Waals surface area contributed by atoms with Crippen LogP contribution in [0.3, 0.4) is 0 Å². The Labute approximate surface area is 480 Å². The van der Waals surface area contributed by atoms with E-state index in [9.17, 15) is 0 Å². The molecule has 394 valence electrons. The molecule has 0 bridgehead atoms. The fraction of sp³-hybridized carbons (Fsp3) is 0.114. The zero-order chi connectivity index (χ0) is 55.5. The Kier molecular flexibility index (Phi) is 11.2. The van der Waals surface area contributed by atoms with Gasteiger partial charge in [-0.05, 0) is 189 Å². The lowest BCUT2D eigenvalue weighted by atomic mass is 9.64. The van der Waals surface area contributed by atoms with Crippen molar-refractivity contribution in [3.63, 3.8) is 0 Å². The molecule has 3 nitrogen and oxygen atoms in total. The number of hydrogen-bond donors (Lipinski definition) is 1. The van der Waals surface area contributed by atoms with Crippen molar-refractivity contribution in [2.24, 2.45) is 0 Å². The smallest absolute Gasteiger partial charge is 0.132 e. The van der Waals surface area contributed by atoms with Gasteiger partial charge in [0.05, 0.1) is 5.41 Å². The molecule has 0 fully saturated rings. The van der Waals surface area contributed by atoms with E-state index in [1.807, 2.05) is 0 Å². The molecule has 0 radical (unpaired) electrons. The summed E-state index contributed by atoms with van der Waals surface area (Å²) in [5.41, 5.74) is 19.4. The second-order valence-electron chi connectivity index (χ2n) is 24.6. The SMILES string of the molecule is CC(C)(C)c1ccc(Nc2cc3ccccc3cc2-c2ccc3c4c(c5ccccc5c3c2)-c2ccc(-c3ccc(N(c5ccc(C(C)(C)C)cc5)c5ccc6ccccc6c5)cc3)cc2C42c3ccccc3Oc3ccccc32)cc1. The van der Waals surface area contributed by atoms with E-state index in [2.05, 4.69) is 313 Å². The molecule has 0 saturated carbocycles. The van der Waals surface area contributed by atoms with E-state index in [4.69, 9.17) is 4.74 Å². The summed E-state index contributed by atoms with van der Waals surface area (Å²) in [5, 5.41) is 13.6. The molecule has 1 heterocycles. The summed E-state index contributed by atoms with van der Waals surface area (Å²) in [6.07, 6.45) is 0. The Morgan fingerprint density at radius 3 is 1.54 bits per heavy atom. The van der Waals surface area contributed by atoms with Crippen LogP contribution in [0.2, 0.25) is 0 Å². The first-order valence-corrected chi connectivity index (χ1v) is 28.8. The lowest BCUT2D eigenvalue weighted by Gasteiger charge is -2.40. The largest absolute Gasteiger partial charge is 0.457 e. The van der Waals surface area contributed by atoms with E-state index in [-0.39, 0.29) is 10.8 Å². The topological polar surface area (TPSA) is 24.5 Å². The summed E-state index contributed by atoms with van der Waals surface area (Å²) in [7, 11) is 0. The molecule has 1 spiro atoms. The second-order valence-corrected chi connectivity index (χ2v) is 24.6. The minimum atomic E-state index is -0.725. The van der Waals surface area contributed by atoms with Gasteiger partial charge in [-0.15, -0.1) is 0 Å². The van der Waals surface area contributed by atoms with Crippen LogP contribution in [-0.2, 0) is 16.2 Å². The Balaban J connectivity index is 0.917. The van der Waals surface area contributed by atoms with Crippen LogP contribution in [0.15, 0.2) is 261 Å². The summed E-state index contributed by atoms with van der Waals surface area (Å²) >= 11 is 0. The third-order valence-corrected chi connectivity index (χ3v) is 17.6. The highest BCUT2D eigenvalue weighted by atomic mass is 16.5. The van der Waals surface area contributed by atoms with Crippen molar-refractivity contribution in [3.05, 3.63) is 294 Å². The van der Waals surface area contributed by atoms with Crippen molar-refractivity contribution in [1.82, 2.24) is 0 Å². The number of para-hydroxylation sites is 2. The van der Waals surface area contributed by atoms with Crippen molar-refractivity contribution in [2.45, 2.75) is 57.8 Å². The summed E-state index contributed by atoms with van der Waals surface area (Å²) in [6.45, 7) is 13.6. The van der Waals surface area contributed by atoms with Gasteiger partial charge < -0.3 is 15.0 Å². The molecule has 13 aromatic rings. The number of fused-ring (bicyclic) bond motifs is 16. The first-order chi connectivity index (χ1) is 39.9. The van der Waals surface area contributed by atoms with E-state index < -0.39 is 5.41 Å². The highest BCUT2D eigenvalue weighted by Crippen LogP contribution is 2.65. The normalized spacial score (nSPS) is 13.2. The molecule has 1 aliphatic carbocycles. The predicted octanol–water partition coefficient (Wildman–Crippen LogP) is 21.9. The minimum absolute atomic E-state index is 0.0452. The van der Waals surface area contributed by atoms with Crippen LogP contribution < -0.4 is 15.0 Å². The third-order valence-electron chi connectivity index (χ3n) is 17.6. The highest BCUT2D eigenvalue weighted by Gasteiger charge is 2.52. The first kappa shape index (κ1) is 49.4. The van der Waals surface area contributed by atoms with E-state index in [1.54, 1.807) is 0 Å². The van der Waals surface area contributed by atoms with E-state index in [0.717, 1.165) is 73.3 Å². The van der Waals surface area contributed by atoms with Crippen molar-refractivity contribution in [1.29, 1.82) is 0 Å². The quantitative estimate of drug-likeness (QED) is 0.161. The van der Waals surface area contributed by atoms with Gasteiger partial charge in [-0.3, -0.25) is 0 Å². The summed E-state index contributed by atoms with van der Waals surface area (Å²) in [4.78, 5) is 2.39. The van der Waals surface area contributed by atoms with Crippen LogP contribution in [-0.4, -0.2) is 0 Å². The maximum Gasteiger partial charge on any atom is 0.132 e. The number of anilines is 5. The molecular formula is C79H62N2O. The highest BCUT2D eigenvalue weighted by molar-refractivity contribution is 6.20. The van der Waals surface area contributed by atoms with Gasteiger partial charge in [0.1, 0.15) is 11.5 Å². The van der Waals surface area contributed by atoms with Gasteiger partial charge in [-0.1, -0.05) is 217 Å². The Morgan fingerprint density at radius 2 is 0.878 bits per heavy atom. The molecule has 3 heteroatoms. The van der Waals surface area contributed by atoms with Crippen LogP contribution in [0.5, 0.6) is 11.5 Å². The zero-order valence-electron chi connectivity index (χ0n) is 47.2. The molecule has 15 rings (SSSR count). The van der Waals surface area contributed by atoms with E-state index in [1.165, 1.54) is 76.5 Å². The molecule has 13 aromatic carbocycles. The van der Waals surface area contributed by atoms with Gasteiger partial charge in [0.2, 0.25) is 0 Å². The number of ether oxygens (including phenoxy) is 1. The van der Waals surface area contributed by atoms with Gasteiger partial charge in [-0.2, -0.15) is 0 Å². The van der Waals surface area contributed by atoms with Crippen LogP contribution in [0.4, 0.5) is 28.4 Å². The van der Waals surface area contributed by atoms with Crippen LogP contribution in [0.25, 0.3) is 76.5 Å². The minimum Gasteiger partial charge on any atom is -0.457 e. The predicted molar refractivity (Wildman–Crippen MR) is 347 cm³/mol. The Morgan fingerprint density at radius 1 is 0.354 bits per heavy atom. The number of hydrogen-bond acceptors (Lipinski definition) is 3. The number of nitrogens with one attached hydrogen (secondary N) is 1. The number of nitrogens with zero attached hydrogens (tertiary/aromatic N) is 1. The molecule has 0 aromatic heterocycles. The first-order valence-electron chi connectivity index (χ1n) is 28.8. The maximum atomic E-state index is 6.95. The number of benzene rings is 13. The molecule has 0 atom stereocenters. The molecule has 2 aliphatic rings. The van der Waals surface area contributed by atoms with Gasteiger partial charge in [-0.25, -0.2) is 0 Å².